The summed E-state index contributed by atoms with van der Waals surface area (Å²) in [5.41, 5.74) is 2.68. The third-order valence-electron chi connectivity index (χ3n) is 3.07. The maximum atomic E-state index is 12.0. The lowest BCUT2D eigenvalue weighted by atomic mass is 10.2. The van der Waals surface area contributed by atoms with Crippen LogP contribution in [0.5, 0.6) is 0 Å². The van der Waals surface area contributed by atoms with Crippen molar-refractivity contribution in [2.24, 2.45) is 7.05 Å². The minimum absolute atomic E-state index is 0.109. The van der Waals surface area contributed by atoms with Crippen LogP contribution >= 0.6 is 11.3 Å². The Morgan fingerprint density at radius 2 is 2.33 bits per heavy atom. The van der Waals surface area contributed by atoms with Crippen LogP contribution in [0, 0.1) is 6.92 Å². The summed E-state index contributed by atoms with van der Waals surface area (Å²) in [6.45, 7) is 1.91. The van der Waals surface area contributed by atoms with Crippen molar-refractivity contribution < 1.29 is 4.79 Å². The molecule has 0 radical (unpaired) electrons. The highest BCUT2D eigenvalue weighted by Crippen LogP contribution is 2.24. The van der Waals surface area contributed by atoms with Crippen LogP contribution in [0.4, 0.5) is 5.82 Å². The molecular formula is C14H15N5OS. The number of rotatable bonds is 4. The van der Waals surface area contributed by atoms with Crippen molar-refractivity contribution in [2.75, 3.05) is 5.32 Å². The first kappa shape index (κ1) is 13.6. The normalized spacial score (nSPS) is 10.8. The number of amides is 1. The minimum atomic E-state index is -0.109. The molecule has 0 unspecified atom stereocenters. The molecule has 0 bridgehead atoms. The van der Waals surface area contributed by atoms with E-state index in [1.807, 2.05) is 43.6 Å². The average Bonchev–Trinajstić information content (AvgIpc) is 3.11. The van der Waals surface area contributed by atoms with Gasteiger partial charge in [-0.2, -0.15) is 10.2 Å². The summed E-state index contributed by atoms with van der Waals surface area (Å²) in [6, 6.07) is 7.71. The Morgan fingerprint density at radius 3 is 3.00 bits per heavy atom. The summed E-state index contributed by atoms with van der Waals surface area (Å²) in [5, 5.41) is 16.0. The number of hydrogen-bond acceptors (Lipinski definition) is 4. The molecule has 108 valence electrons. The molecule has 1 amide bonds. The van der Waals surface area contributed by atoms with Crippen molar-refractivity contribution in [3.8, 4) is 10.6 Å². The van der Waals surface area contributed by atoms with Gasteiger partial charge in [-0.25, -0.2) is 0 Å². The maximum absolute atomic E-state index is 12.0. The van der Waals surface area contributed by atoms with Gasteiger partial charge < -0.3 is 5.32 Å². The number of anilines is 1. The number of carbonyl (C=O) groups excluding carboxylic acids is 1. The summed E-state index contributed by atoms with van der Waals surface area (Å²) < 4.78 is 1.72. The van der Waals surface area contributed by atoms with Gasteiger partial charge in [-0.15, -0.1) is 11.3 Å². The highest BCUT2D eigenvalue weighted by atomic mass is 32.1. The van der Waals surface area contributed by atoms with Crippen molar-refractivity contribution in [3.05, 3.63) is 41.0 Å². The van der Waals surface area contributed by atoms with Crippen molar-refractivity contribution in [1.82, 2.24) is 20.0 Å². The molecule has 21 heavy (non-hydrogen) atoms. The molecule has 3 heterocycles. The number of H-pyrrole nitrogens is 1. The van der Waals surface area contributed by atoms with E-state index in [9.17, 15) is 4.79 Å². The zero-order valence-corrected chi connectivity index (χ0v) is 12.6. The van der Waals surface area contributed by atoms with Crippen LogP contribution in [0.3, 0.4) is 0 Å². The van der Waals surface area contributed by atoms with Gasteiger partial charge in [-0.05, 0) is 24.4 Å². The number of thiophene rings is 1. The number of aromatic amines is 1. The lowest BCUT2D eigenvalue weighted by Gasteiger charge is -2.02. The fourth-order valence-electron chi connectivity index (χ4n) is 2.13. The molecule has 3 aromatic heterocycles. The van der Waals surface area contributed by atoms with Crippen LogP contribution in [-0.2, 0) is 18.3 Å². The van der Waals surface area contributed by atoms with Crippen LogP contribution in [0.1, 0.15) is 11.4 Å². The molecule has 0 spiro atoms. The molecule has 6 nitrogen and oxygen atoms in total. The van der Waals surface area contributed by atoms with Crippen LogP contribution < -0.4 is 5.32 Å². The molecule has 3 aromatic rings. The lowest BCUT2D eigenvalue weighted by Crippen LogP contribution is -2.16. The predicted octanol–water partition coefficient (Wildman–Crippen LogP) is 2.36. The third kappa shape index (κ3) is 3.03. The molecule has 0 fully saturated rings. The number of aromatic nitrogens is 4. The van der Waals surface area contributed by atoms with Crippen molar-refractivity contribution >= 4 is 23.1 Å². The second kappa shape index (κ2) is 5.53. The van der Waals surface area contributed by atoms with Crippen LogP contribution in [-0.4, -0.2) is 25.9 Å². The summed E-state index contributed by atoms with van der Waals surface area (Å²) in [7, 11) is 1.83. The molecule has 0 aliphatic carbocycles. The van der Waals surface area contributed by atoms with E-state index in [0.29, 0.717) is 5.82 Å². The first-order valence-corrected chi connectivity index (χ1v) is 7.38. The summed E-state index contributed by atoms with van der Waals surface area (Å²) in [4.78, 5) is 13.1. The maximum Gasteiger partial charge on any atom is 0.231 e. The van der Waals surface area contributed by atoms with E-state index in [1.165, 1.54) is 0 Å². The van der Waals surface area contributed by atoms with Gasteiger partial charge in [-0.1, -0.05) is 6.07 Å². The molecule has 0 aromatic carbocycles. The Kier molecular flexibility index (Phi) is 3.57. The van der Waals surface area contributed by atoms with Crippen LogP contribution in [0.2, 0.25) is 0 Å². The first-order valence-electron chi connectivity index (χ1n) is 6.50. The van der Waals surface area contributed by atoms with E-state index in [4.69, 9.17) is 0 Å². The van der Waals surface area contributed by atoms with Crippen LogP contribution in [0.25, 0.3) is 10.6 Å². The quantitative estimate of drug-likeness (QED) is 0.776. The molecule has 0 aliphatic rings. The molecule has 7 heteroatoms. The topological polar surface area (TPSA) is 75.6 Å². The Balaban J connectivity index is 1.66. The third-order valence-corrected chi connectivity index (χ3v) is 3.98. The number of aryl methyl sites for hydroxylation is 2. The Labute approximate surface area is 125 Å². The van der Waals surface area contributed by atoms with E-state index in [-0.39, 0.29) is 12.3 Å². The van der Waals surface area contributed by atoms with Crippen molar-refractivity contribution in [2.45, 2.75) is 13.3 Å². The van der Waals surface area contributed by atoms with Gasteiger partial charge in [0, 0.05) is 18.8 Å². The molecule has 3 rings (SSSR count). The zero-order valence-electron chi connectivity index (χ0n) is 11.8. The number of hydrogen-bond donors (Lipinski definition) is 2. The van der Waals surface area contributed by atoms with Gasteiger partial charge in [0.25, 0.3) is 0 Å². The van der Waals surface area contributed by atoms with Crippen molar-refractivity contribution in [1.29, 1.82) is 0 Å². The Hall–Kier alpha value is -2.41. The molecule has 0 aliphatic heterocycles. The standard InChI is InChI=1S/C14H15N5OS/c1-9-6-10(19(2)18-9)7-14(20)15-13-8-11(16-17-13)12-4-3-5-21-12/h3-6,8H,7H2,1-2H3,(H2,15,16,17,20). The van der Waals surface area contributed by atoms with E-state index >= 15 is 0 Å². The smallest absolute Gasteiger partial charge is 0.231 e. The summed E-state index contributed by atoms with van der Waals surface area (Å²) in [5.74, 6) is 0.421. The Bertz CT molecular complexity index is 756. The van der Waals surface area contributed by atoms with Gasteiger partial charge in [0.2, 0.25) is 5.91 Å². The molecular weight excluding hydrogens is 286 g/mol. The van der Waals surface area contributed by atoms with Gasteiger partial charge in [-0.3, -0.25) is 14.6 Å². The molecule has 0 atom stereocenters. The molecule has 2 N–H and O–H groups in total. The first-order chi connectivity index (χ1) is 10.1. The minimum Gasteiger partial charge on any atom is -0.309 e. The molecule has 0 saturated carbocycles. The fraction of sp³-hybridized carbons (Fsp3) is 0.214. The lowest BCUT2D eigenvalue weighted by molar-refractivity contribution is -0.115. The van der Waals surface area contributed by atoms with E-state index in [2.05, 4.69) is 20.6 Å². The van der Waals surface area contributed by atoms with Crippen LogP contribution in [0.15, 0.2) is 29.6 Å². The van der Waals surface area contributed by atoms with Crippen molar-refractivity contribution in [3.63, 3.8) is 0 Å². The predicted molar refractivity (Wildman–Crippen MR) is 82.2 cm³/mol. The molecule has 0 saturated heterocycles. The van der Waals surface area contributed by atoms with E-state index in [0.717, 1.165) is 22.0 Å². The van der Waals surface area contributed by atoms with E-state index < -0.39 is 0 Å². The zero-order chi connectivity index (χ0) is 14.8. The second-order valence-electron chi connectivity index (χ2n) is 4.77. The summed E-state index contributed by atoms with van der Waals surface area (Å²) in [6.07, 6.45) is 0.276. The van der Waals surface area contributed by atoms with Gasteiger partial charge in [0.1, 0.15) is 0 Å². The largest absolute Gasteiger partial charge is 0.309 e. The highest BCUT2D eigenvalue weighted by Gasteiger charge is 2.11. The second-order valence-corrected chi connectivity index (χ2v) is 5.72. The highest BCUT2D eigenvalue weighted by molar-refractivity contribution is 7.13. The van der Waals surface area contributed by atoms with Gasteiger partial charge in [0.15, 0.2) is 5.82 Å². The van der Waals surface area contributed by atoms with E-state index in [1.54, 1.807) is 16.0 Å². The number of nitrogens with zero attached hydrogens (tertiary/aromatic N) is 3. The average molecular weight is 301 g/mol. The number of nitrogens with one attached hydrogen (secondary N) is 2. The summed E-state index contributed by atoms with van der Waals surface area (Å²) >= 11 is 1.62. The monoisotopic (exact) mass is 301 g/mol. The Morgan fingerprint density at radius 1 is 1.48 bits per heavy atom. The fourth-order valence-corrected chi connectivity index (χ4v) is 2.82. The van der Waals surface area contributed by atoms with Gasteiger partial charge in [0.05, 0.1) is 22.7 Å². The van der Waals surface area contributed by atoms with Gasteiger partial charge >= 0.3 is 0 Å². The SMILES string of the molecule is Cc1cc(CC(=O)Nc2cc(-c3cccs3)[nH]n2)n(C)n1. The number of carbonyl (C=O) groups is 1.